The average molecular weight is 470 g/mol. The van der Waals surface area contributed by atoms with E-state index in [4.69, 9.17) is 14.2 Å². The van der Waals surface area contributed by atoms with E-state index < -0.39 is 9.84 Å². The fraction of sp³-hybridized carbons (Fsp3) is 0.304. The molecule has 1 atom stereocenters. The van der Waals surface area contributed by atoms with E-state index in [0.717, 1.165) is 36.0 Å². The van der Waals surface area contributed by atoms with Crippen molar-refractivity contribution in [1.82, 2.24) is 9.97 Å². The van der Waals surface area contributed by atoms with E-state index in [1.165, 1.54) is 12.3 Å². The summed E-state index contributed by atoms with van der Waals surface area (Å²) < 4.78 is 40.9. The van der Waals surface area contributed by atoms with Gasteiger partial charge in [-0.2, -0.15) is 0 Å². The molecule has 1 aliphatic heterocycles. The first-order chi connectivity index (χ1) is 15.9. The molecule has 1 fully saturated rings. The lowest BCUT2D eigenvalue weighted by atomic mass is 10.1. The molecule has 10 heteroatoms. The fourth-order valence-corrected chi connectivity index (χ4v) is 3.92. The molecule has 9 nitrogen and oxygen atoms in total. The molecule has 172 valence electrons. The van der Waals surface area contributed by atoms with Crippen LogP contribution in [0.25, 0.3) is 11.3 Å². The minimum Gasteiger partial charge on any atom is -0.490 e. The van der Waals surface area contributed by atoms with E-state index in [2.05, 4.69) is 15.0 Å². The summed E-state index contributed by atoms with van der Waals surface area (Å²) >= 11 is 0. The first-order valence-corrected chi connectivity index (χ1v) is 12.4. The molecular weight excluding hydrogens is 446 g/mol. The second-order valence-corrected chi connectivity index (χ2v) is 10.0. The number of benzene rings is 1. The molecule has 3 heterocycles. The normalized spacial score (nSPS) is 18.0. The van der Waals surface area contributed by atoms with Crippen molar-refractivity contribution in [2.45, 2.75) is 30.1 Å². The molecular formula is C23H23N3O6S. The number of hydrogen-bond acceptors (Lipinski definition) is 8. The number of H-pyrrole nitrogens is 1. The van der Waals surface area contributed by atoms with E-state index in [9.17, 15) is 13.5 Å². The second-order valence-electron chi connectivity index (χ2n) is 8.07. The van der Waals surface area contributed by atoms with Crippen molar-refractivity contribution in [3.63, 3.8) is 0 Å². The van der Waals surface area contributed by atoms with Crippen LogP contribution in [0.4, 0.5) is 0 Å². The molecule has 0 spiro atoms. The van der Waals surface area contributed by atoms with Crippen LogP contribution in [0.3, 0.4) is 0 Å². The number of aliphatic hydroxyl groups excluding tert-OH is 1. The number of nitrogens with zero attached hydrogens (tertiary/aromatic N) is 2. The molecule has 5 rings (SSSR count). The zero-order valence-electron chi connectivity index (χ0n) is 17.9. The molecule has 1 unspecified atom stereocenters. The van der Waals surface area contributed by atoms with E-state index in [-0.39, 0.29) is 23.8 Å². The van der Waals surface area contributed by atoms with Crippen molar-refractivity contribution in [2.75, 3.05) is 19.4 Å². The van der Waals surface area contributed by atoms with Gasteiger partial charge in [0.2, 0.25) is 5.90 Å². The highest BCUT2D eigenvalue weighted by molar-refractivity contribution is 7.90. The number of aromatic amines is 1. The van der Waals surface area contributed by atoms with Gasteiger partial charge in [-0.3, -0.25) is 0 Å². The van der Waals surface area contributed by atoms with Crippen LogP contribution in [-0.4, -0.2) is 61.0 Å². The summed E-state index contributed by atoms with van der Waals surface area (Å²) in [5, 5.41) is 9.24. The summed E-state index contributed by atoms with van der Waals surface area (Å²) in [5.74, 6) is 2.09. The van der Waals surface area contributed by atoms with Crippen molar-refractivity contribution in [3.05, 3.63) is 54.4 Å². The average Bonchev–Trinajstić information content (AvgIpc) is 3.26. The van der Waals surface area contributed by atoms with Crippen LogP contribution >= 0.6 is 0 Å². The highest BCUT2D eigenvalue weighted by Crippen LogP contribution is 2.35. The number of hydrogen-bond donors (Lipinski definition) is 2. The molecule has 0 bridgehead atoms. The summed E-state index contributed by atoms with van der Waals surface area (Å²) in [6.07, 6.45) is 4.42. The molecule has 0 saturated heterocycles. The van der Waals surface area contributed by atoms with Gasteiger partial charge in [-0.1, -0.05) is 0 Å². The lowest BCUT2D eigenvalue weighted by molar-refractivity contribution is 0.130. The molecule has 1 aliphatic carbocycles. The van der Waals surface area contributed by atoms with Crippen molar-refractivity contribution in [1.29, 1.82) is 0 Å². The summed E-state index contributed by atoms with van der Waals surface area (Å²) in [6.45, 7) is 0.344. The Morgan fingerprint density at radius 1 is 1.09 bits per heavy atom. The standard InChI is InChI=1S/C23H23N3O6S/c1-33(28,29)22-7-4-16(11-24-22)31-18-9-14(8-17(10-18)30-15-2-3-15)20-5-6-21(26-20)23-25-12-19(13-27)32-23/h4-11,15,19,26-27H,2-3,12-13H2,1H3. The fourth-order valence-electron chi connectivity index (χ4n) is 3.36. The number of aliphatic hydroxyl groups is 1. The van der Waals surface area contributed by atoms with Crippen molar-refractivity contribution in [3.8, 4) is 28.5 Å². The molecule has 2 aliphatic rings. The topological polar surface area (TPSA) is 123 Å². The van der Waals surface area contributed by atoms with Gasteiger partial charge in [0, 0.05) is 23.6 Å². The number of rotatable bonds is 8. The van der Waals surface area contributed by atoms with E-state index in [1.54, 1.807) is 12.1 Å². The Bertz CT molecular complexity index is 1300. The molecule has 2 N–H and O–H groups in total. The second kappa shape index (κ2) is 8.53. The molecule has 33 heavy (non-hydrogen) atoms. The Balaban J connectivity index is 1.41. The lowest BCUT2D eigenvalue weighted by Crippen LogP contribution is -2.17. The highest BCUT2D eigenvalue weighted by atomic mass is 32.2. The minimum absolute atomic E-state index is 0.0132. The van der Waals surface area contributed by atoms with Gasteiger partial charge in [-0.25, -0.2) is 18.4 Å². The van der Waals surface area contributed by atoms with Gasteiger partial charge in [0.05, 0.1) is 25.5 Å². The Morgan fingerprint density at radius 2 is 1.88 bits per heavy atom. The third kappa shape index (κ3) is 5.01. The number of nitrogens with one attached hydrogen (secondary N) is 1. The van der Waals surface area contributed by atoms with Crippen LogP contribution in [0.1, 0.15) is 18.5 Å². The highest BCUT2D eigenvalue weighted by Gasteiger charge is 2.25. The minimum atomic E-state index is -3.38. The first-order valence-electron chi connectivity index (χ1n) is 10.5. The van der Waals surface area contributed by atoms with Gasteiger partial charge in [0.15, 0.2) is 14.9 Å². The number of aliphatic imine (C=N–C) groups is 1. The van der Waals surface area contributed by atoms with Crippen LogP contribution < -0.4 is 9.47 Å². The molecule has 2 aromatic heterocycles. The van der Waals surface area contributed by atoms with Gasteiger partial charge in [-0.15, -0.1) is 0 Å². The number of pyridine rings is 1. The number of sulfone groups is 1. The lowest BCUT2D eigenvalue weighted by Gasteiger charge is -2.12. The van der Waals surface area contributed by atoms with E-state index >= 15 is 0 Å². The molecule has 0 amide bonds. The maximum Gasteiger partial charge on any atom is 0.233 e. The third-order valence-corrected chi connectivity index (χ3v) is 6.18. The van der Waals surface area contributed by atoms with Crippen molar-refractivity contribution < 1.29 is 27.7 Å². The summed E-state index contributed by atoms with van der Waals surface area (Å²) in [7, 11) is -3.38. The van der Waals surface area contributed by atoms with Crippen molar-refractivity contribution in [2.24, 2.45) is 4.99 Å². The van der Waals surface area contributed by atoms with Gasteiger partial charge in [-0.05, 0) is 49.2 Å². The molecule has 1 saturated carbocycles. The first kappa shape index (κ1) is 21.5. The van der Waals surface area contributed by atoms with Crippen LogP contribution in [0, 0.1) is 0 Å². The van der Waals surface area contributed by atoms with E-state index in [1.807, 2.05) is 24.3 Å². The largest absolute Gasteiger partial charge is 0.490 e. The zero-order chi connectivity index (χ0) is 23.0. The van der Waals surface area contributed by atoms with Crippen LogP contribution in [0.15, 0.2) is 58.7 Å². The number of aromatic nitrogens is 2. The van der Waals surface area contributed by atoms with E-state index in [0.29, 0.717) is 29.7 Å². The SMILES string of the molecule is CS(=O)(=O)c1ccc(Oc2cc(OC3CC3)cc(-c3ccc(C4=NCC(CO)O4)[nH]3)c2)cn1. The maximum atomic E-state index is 11.6. The Hall–Kier alpha value is -3.37. The van der Waals surface area contributed by atoms with Crippen LogP contribution in [0.2, 0.25) is 0 Å². The van der Waals surface area contributed by atoms with Crippen LogP contribution in [0.5, 0.6) is 17.2 Å². The predicted octanol–water partition coefficient (Wildman–Crippen LogP) is 2.95. The summed E-state index contributed by atoms with van der Waals surface area (Å²) in [4.78, 5) is 11.6. The maximum absolute atomic E-state index is 11.6. The van der Waals surface area contributed by atoms with Gasteiger partial charge >= 0.3 is 0 Å². The van der Waals surface area contributed by atoms with Gasteiger partial charge < -0.3 is 24.3 Å². The van der Waals surface area contributed by atoms with Gasteiger partial charge in [0.1, 0.15) is 29.0 Å². The smallest absolute Gasteiger partial charge is 0.233 e. The third-order valence-electron chi connectivity index (χ3n) is 5.18. The Labute approximate surface area is 191 Å². The summed E-state index contributed by atoms with van der Waals surface area (Å²) in [6, 6.07) is 12.3. The predicted molar refractivity (Wildman–Crippen MR) is 121 cm³/mol. The summed E-state index contributed by atoms with van der Waals surface area (Å²) in [5.41, 5.74) is 2.38. The monoisotopic (exact) mass is 469 g/mol. The Morgan fingerprint density at radius 3 is 2.55 bits per heavy atom. The zero-order valence-corrected chi connectivity index (χ0v) is 18.7. The molecule has 1 aromatic carbocycles. The van der Waals surface area contributed by atoms with Gasteiger partial charge in [0.25, 0.3) is 0 Å². The number of ether oxygens (including phenoxy) is 3. The molecule has 0 radical (unpaired) electrons. The van der Waals surface area contributed by atoms with Crippen molar-refractivity contribution >= 4 is 15.7 Å². The Kier molecular flexibility index (Phi) is 5.55. The molecule has 3 aromatic rings. The quantitative estimate of drug-likeness (QED) is 0.520. The van der Waals surface area contributed by atoms with Crippen LogP contribution in [-0.2, 0) is 14.6 Å².